The third kappa shape index (κ3) is 4.70. The lowest BCUT2D eigenvalue weighted by molar-refractivity contribution is -0.114. The Balaban J connectivity index is 1.57. The SMILES string of the molecule is CC(=O)Nc1cccc(C(=O)N/N=C\c2ccc(N3CCOCC3)o2)c1. The Morgan fingerprint density at radius 3 is 2.77 bits per heavy atom. The number of carbonyl (C=O) groups is 2. The smallest absolute Gasteiger partial charge is 0.271 e. The van der Waals surface area contributed by atoms with E-state index in [9.17, 15) is 9.59 Å². The van der Waals surface area contributed by atoms with Crippen molar-refractivity contribution in [2.45, 2.75) is 6.92 Å². The minimum atomic E-state index is -0.381. The van der Waals surface area contributed by atoms with Gasteiger partial charge in [0.1, 0.15) is 5.76 Å². The van der Waals surface area contributed by atoms with E-state index >= 15 is 0 Å². The Hall–Kier alpha value is -3.13. The monoisotopic (exact) mass is 356 g/mol. The molecule has 1 fully saturated rings. The molecule has 0 atom stereocenters. The molecule has 2 amide bonds. The fourth-order valence-electron chi connectivity index (χ4n) is 2.53. The van der Waals surface area contributed by atoms with Crippen LogP contribution in [0.4, 0.5) is 11.6 Å². The van der Waals surface area contributed by atoms with Crippen molar-refractivity contribution in [1.29, 1.82) is 0 Å². The van der Waals surface area contributed by atoms with Crippen molar-refractivity contribution in [3.63, 3.8) is 0 Å². The van der Waals surface area contributed by atoms with Gasteiger partial charge in [0.25, 0.3) is 5.91 Å². The van der Waals surface area contributed by atoms with E-state index in [2.05, 4.69) is 20.7 Å². The van der Waals surface area contributed by atoms with Crippen LogP contribution in [0.3, 0.4) is 0 Å². The van der Waals surface area contributed by atoms with Crippen LogP contribution in [-0.2, 0) is 9.53 Å². The lowest BCUT2D eigenvalue weighted by atomic mass is 10.2. The molecule has 0 unspecified atom stereocenters. The van der Waals surface area contributed by atoms with Crippen LogP contribution in [0.25, 0.3) is 0 Å². The number of carbonyl (C=O) groups excluding carboxylic acids is 2. The van der Waals surface area contributed by atoms with Gasteiger partial charge in [-0.1, -0.05) is 6.07 Å². The van der Waals surface area contributed by atoms with Gasteiger partial charge in [0.15, 0.2) is 5.88 Å². The molecule has 2 heterocycles. The molecule has 26 heavy (non-hydrogen) atoms. The Bertz CT molecular complexity index is 809. The predicted molar refractivity (Wildman–Crippen MR) is 97.5 cm³/mol. The summed E-state index contributed by atoms with van der Waals surface area (Å²) in [6.07, 6.45) is 1.44. The van der Waals surface area contributed by atoms with Gasteiger partial charge in [-0.25, -0.2) is 5.43 Å². The van der Waals surface area contributed by atoms with Gasteiger partial charge in [0, 0.05) is 37.3 Å². The van der Waals surface area contributed by atoms with E-state index in [0.717, 1.165) is 19.0 Å². The van der Waals surface area contributed by atoms with E-state index in [1.165, 1.54) is 13.1 Å². The molecule has 3 rings (SSSR count). The molecular formula is C18H20N4O4. The van der Waals surface area contributed by atoms with E-state index in [-0.39, 0.29) is 11.8 Å². The largest absolute Gasteiger partial charge is 0.440 e. The van der Waals surface area contributed by atoms with Crippen molar-refractivity contribution >= 4 is 29.6 Å². The van der Waals surface area contributed by atoms with Gasteiger partial charge >= 0.3 is 0 Å². The number of nitrogens with zero attached hydrogens (tertiary/aromatic N) is 2. The lowest BCUT2D eigenvalue weighted by Gasteiger charge is -2.26. The van der Waals surface area contributed by atoms with Crippen molar-refractivity contribution in [2.75, 3.05) is 36.5 Å². The minimum Gasteiger partial charge on any atom is -0.440 e. The molecule has 0 spiro atoms. The van der Waals surface area contributed by atoms with Crippen molar-refractivity contribution in [3.8, 4) is 0 Å². The first-order valence-corrected chi connectivity index (χ1v) is 8.25. The molecule has 2 N–H and O–H groups in total. The van der Waals surface area contributed by atoms with E-state index < -0.39 is 0 Å². The maximum Gasteiger partial charge on any atom is 0.271 e. The molecule has 0 bridgehead atoms. The van der Waals surface area contributed by atoms with Crippen molar-refractivity contribution < 1.29 is 18.7 Å². The average Bonchev–Trinajstić information content (AvgIpc) is 3.11. The topological polar surface area (TPSA) is 96.2 Å². The van der Waals surface area contributed by atoms with Crippen LogP contribution in [0.2, 0.25) is 0 Å². The van der Waals surface area contributed by atoms with Crippen molar-refractivity contribution in [3.05, 3.63) is 47.7 Å². The maximum absolute atomic E-state index is 12.1. The molecule has 1 aromatic heterocycles. The summed E-state index contributed by atoms with van der Waals surface area (Å²) in [6.45, 7) is 4.33. The molecule has 8 heteroatoms. The predicted octanol–water partition coefficient (Wildman–Crippen LogP) is 1.84. The normalized spacial score (nSPS) is 14.4. The summed E-state index contributed by atoms with van der Waals surface area (Å²) in [6, 6.07) is 10.3. The third-order valence-corrected chi connectivity index (χ3v) is 3.74. The summed E-state index contributed by atoms with van der Waals surface area (Å²) in [5.41, 5.74) is 3.38. The number of hydrazone groups is 1. The Labute approximate surface area is 150 Å². The fourth-order valence-corrected chi connectivity index (χ4v) is 2.53. The Morgan fingerprint density at radius 1 is 1.19 bits per heavy atom. The molecule has 1 aliphatic heterocycles. The van der Waals surface area contributed by atoms with E-state index in [4.69, 9.17) is 9.15 Å². The number of ether oxygens (including phenoxy) is 1. The summed E-state index contributed by atoms with van der Waals surface area (Å²) in [5.74, 6) is 0.714. The zero-order valence-corrected chi connectivity index (χ0v) is 14.4. The minimum absolute atomic E-state index is 0.200. The first kappa shape index (κ1) is 17.7. The van der Waals surface area contributed by atoms with E-state index in [1.807, 2.05) is 6.07 Å². The number of morpholine rings is 1. The average molecular weight is 356 g/mol. The summed E-state index contributed by atoms with van der Waals surface area (Å²) in [5, 5.41) is 6.55. The molecule has 0 radical (unpaired) electrons. The van der Waals surface area contributed by atoms with Crippen LogP contribution in [0.15, 0.2) is 45.9 Å². The molecule has 2 aromatic rings. The van der Waals surface area contributed by atoms with Crippen molar-refractivity contribution in [1.82, 2.24) is 5.43 Å². The van der Waals surface area contributed by atoms with Crippen LogP contribution in [0.1, 0.15) is 23.0 Å². The second kappa shape index (κ2) is 8.30. The maximum atomic E-state index is 12.1. The second-order valence-electron chi connectivity index (χ2n) is 5.74. The summed E-state index contributed by atoms with van der Waals surface area (Å²) < 4.78 is 11.0. The Morgan fingerprint density at radius 2 is 2.00 bits per heavy atom. The summed E-state index contributed by atoms with van der Waals surface area (Å²) in [4.78, 5) is 25.3. The van der Waals surface area contributed by atoms with Crippen LogP contribution in [-0.4, -0.2) is 44.3 Å². The number of benzene rings is 1. The lowest BCUT2D eigenvalue weighted by Crippen LogP contribution is -2.35. The van der Waals surface area contributed by atoms with E-state index in [1.54, 1.807) is 30.3 Å². The summed E-state index contributed by atoms with van der Waals surface area (Å²) in [7, 11) is 0. The number of furan rings is 1. The number of rotatable bonds is 5. The molecule has 1 aromatic carbocycles. The number of nitrogens with one attached hydrogen (secondary N) is 2. The number of hydrogen-bond acceptors (Lipinski definition) is 6. The molecule has 1 aliphatic rings. The highest BCUT2D eigenvalue weighted by molar-refractivity contribution is 5.97. The number of anilines is 2. The third-order valence-electron chi connectivity index (χ3n) is 3.74. The molecule has 1 saturated heterocycles. The van der Waals surface area contributed by atoms with Crippen LogP contribution in [0.5, 0.6) is 0 Å². The van der Waals surface area contributed by atoms with Crippen LogP contribution in [0, 0.1) is 0 Å². The van der Waals surface area contributed by atoms with Gasteiger partial charge < -0.3 is 19.4 Å². The summed E-state index contributed by atoms with van der Waals surface area (Å²) >= 11 is 0. The molecule has 0 saturated carbocycles. The highest BCUT2D eigenvalue weighted by Gasteiger charge is 2.14. The fraction of sp³-hybridized carbons (Fsp3) is 0.278. The highest BCUT2D eigenvalue weighted by atomic mass is 16.5. The molecular weight excluding hydrogens is 336 g/mol. The highest BCUT2D eigenvalue weighted by Crippen LogP contribution is 2.18. The first-order valence-electron chi connectivity index (χ1n) is 8.25. The quantitative estimate of drug-likeness (QED) is 0.629. The van der Waals surface area contributed by atoms with Crippen LogP contribution < -0.4 is 15.6 Å². The van der Waals surface area contributed by atoms with Gasteiger partial charge in [-0.05, 0) is 24.3 Å². The van der Waals surface area contributed by atoms with Gasteiger partial charge in [-0.15, -0.1) is 0 Å². The first-order chi connectivity index (χ1) is 12.6. The standard InChI is InChI=1S/C18H20N4O4/c1-13(23)20-15-4-2-3-14(11-15)18(24)21-19-12-16-5-6-17(26-16)22-7-9-25-10-8-22/h2-6,11-12H,7-10H2,1H3,(H,20,23)(H,21,24)/b19-12-. The van der Waals surface area contributed by atoms with Gasteiger partial charge in [0.2, 0.25) is 5.91 Å². The van der Waals surface area contributed by atoms with E-state index in [0.29, 0.717) is 30.2 Å². The zero-order chi connectivity index (χ0) is 18.4. The molecule has 136 valence electrons. The zero-order valence-electron chi connectivity index (χ0n) is 14.4. The molecule has 0 aliphatic carbocycles. The number of hydrogen-bond donors (Lipinski definition) is 2. The van der Waals surface area contributed by atoms with Gasteiger partial charge in [0.05, 0.1) is 19.4 Å². The number of amides is 2. The molecule has 8 nitrogen and oxygen atoms in total. The van der Waals surface area contributed by atoms with Gasteiger partial charge in [-0.2, -0.15) is 5.10 Å². The Kier molecular flexibility index (Phi) is 5.65. The second-order valence-corrected chi connectivity index (χ2v) is 5.74. The van der Waals surface area contributed by atoms with Crippen molar-refractivity contribution in [2.24, 2.45) is 5.10 Å². The van der Waals surface area contributed by atoms with Gasteiger partial charge in [-0.3, -0.25) is 9.59 Å². The van der Waals surface area contributed by atoms with Crippen LogP contribution >= 0.6 is 0 Å².